The Kier molecular flexibility index (Phi) is 32.5. The van der Waals surface area contributed by atoms with E-state index in [9.17, 15) is 0 Å². The van der Waals surface area contributed by atoms with Gasteiger partial charge in [-0.3, -0.25) is 4.79 Å². The third-order valence-electron chi connectivity index (χ3n) is 3.69. The summed E-state index contributed by atoms with van der Waals surface area (Å²) in [6.07, 6.45) is 5.24. The number of carbonyl (C=O) groups is 1. The fraction of sp³-hybridized carbons (Fsp3) is 0.370. The zero-order valence-electron chi connectivity index (χ0n) is 24.8. The van der Waals surface area contributed by atoms with Gasteiger partial charge < -0.3 is 26.5 Å². The van der Waals surface area contributed by atoms with Crippen LogP contribution in [0.15, 0.2) is 48.5 Å². The van der Waals surface area contributed by atoms with E-state index in [1.807, 2.05) is 12.1 Å². The van der Waals surface area contributed by atoms with Crippen LogP contribution in [-0.4, -0.2) is 64.8 Å². The first-order valence-electron chi connectivity index (χ1n) is 10.6. The molecule has 9 heteroatoms. The van der Waals surface area contributed by atoms with Crippen LogP contribution >= 0.6 is 0 Å². The van der Waals surface area contributed by atoms with Crippen LogP contribution in [0.5, 0.6) is 0 Å². The molecule has 0 saturated heterocycles. The molecule has 0 heterocycles. The van der Waals surface area contributed by atoms with Gasteiger partial charge in [-0.25, -0.2) is 0 Å². The quantitative estimate of drug-likeness (QED) is 0.137. The summed E-state index contributed by atoms with van der Waals surface area (Å²) < 4.78 is 0. The SMILES string of the molecule is C#Cc1ccc(CN(C)C)cc1.CN(C)Cc1ccc(C#C[Si](C)(C)C)cc1.CO.O=CO[O-].[H-].[K+].[K+]. The van der Waals surface area contributed by atoms with Gasteiger partial charge in [0.25, 0.3) is 6.47 Å². The largest absolute Gasteiger partial charge is 1.00 e. The fourth-order valence-corrected chi connectivity index (χ4v) is 2.91. The molecule has 0 aromatic heterocycles. The van der Waals surface area contributed by atoms with Crippen molar-refractivity contribution < 1.29 is 124 Å². The third kappa shape index (κ3) is 27.4. The summed E-state index contributed by atoms with van der Waals surface area (Å²) in [6.45, 7) is 8.56. The van der Waals surface area contributed by atoms with Crippen LogP contribution in [0.25, 0.3) is 0 Å². The number of rotatable bonds is 5. The van der Waals surface area contributed by atoms with E-state index in [0.717, 1.165) is 31.3 Å². The first-order valence-corrected chi connectivity index (χ1v) is 14.1. The molecule has 36 heavy (non-hydrogen) atoms. The Balaban J connectivity index is -0.000000145. The van der Waals surface area contributed by atoms with E-state index in [4.69, 9.17) is 21.6 Å². The summed E-state index contributed by atoms with van der Waals surface area (Å²) in [4.78, 5) is 15.5. The van der Waals surface area contributed by atoms with E-state index in [-0.39, 0.29) is 111 Å². The Bertz CT molecular complexity index is 904. The van der Waals surface area contributed by atoms with Crippen molar-refractivity contribution in [3.8, 4) is 23.8 Å². The number of carbonyl (C=O) groups excluding carboxylic acids is 1. The monoisotopic (exact) mass is 562 g/mol. The van der Waals surface area contributed by atoms with Crippen molar-refractivity contribution >= 4 is 14.5 Å². The molecule has 0 unspecified atom stereocenters. The van der Waals surface area contributed by atoms with Crippen LogP contribution in [0, 0.1) is 23.8 Å². The number of hydrogen-bond donors (Lipinski definition) is 1. The first-order chi connectivity index (χ1) is 16.0. The average molecular weight is 563 g/mol. The molecule has 0 aliphatic heterocycles. The maximum atomic E-state index is 8.64. The summed E-state index contributed by atoms with van der Waals surface area (Å²) >= 11 is 0. The molecule has 2 aromatic carbocycles. The molecule has 0 aliphatic carbocycles. The number of aliphatic hydroxyl groups is 1. The predicted molar refractivity (Wildman–Crippen MR) is 142 cm³/mol. The Morgan fingerprint density at radius 2 is 1.22 bits per heavy atom. The van der Waals surface area contributed by atoms with Crippen LogP contribution in [0.1, 0.15) is 23.7 Å². The molecule has 0 saturated carbocycles. The molecular formula is C27H40K2N2O4Si. The van der Waals surface area contributed by atoms with Crippen LogP contribution in [0.2, 0.25) is 19.6 Å². The normalized spacial score (nSPS) is 8.97. The molecule has 6 nitrogen and oxygen atoms in total. The minimum absolute atomic E-state index is 0. The second-order valence-electron chi connectivity index (χ2n) is 8.71. The Hall–Kier alpha value is 0.360. The van der Waals surface area contributed by atoms with Gasteiger partial charge >= 0.3 is 103 Å². The Morgan fingerprint density at radius 1 is 0.889 bits per heavy atom. The van der Waals surface area contributed by atoms with Crippen LogP contribution in [-0.2, 0) is 22.8 Å². The van der Waals surface area contributed by atoms with Crippen molar-refractivity contribution in [3.63, 3.8) is 0 Å². The van der Waals surface area contributed by atoms with Gasteiger partial charge in [-0.15, -0.1) is 12.0 Å². The molecule has 2 rings (SSSR count). The number of terminal acetylenes is 1. The number of benzene rings is 2. The summed E-state index contributed by atoms with van der Waals surface area (Å²) in [6, 6.07) is 16.6. The minimum Gasteiger partial charge on any atom is -1.00 e. The van der Waals surface area contributed by atoms with Crippen molar-refractivity contribution in [2.24, 2.45) is 0 Å². The van der Waals surface area contributed by atoms with Crippen LogP contribution < -0.4 is 108 Å². The van der Waals surface area contributed by atoms with Gasteiger partial charge in [0.05, 0.1) is 0 Å². The molecule has 0 bridgehead atoms. The molecule has 2 aromatic rings. The second-order valence-corrected chi connectivity index (χ2v) is 13.5. The molecule has 0 radical (unpaired) electrons. The minimum atomic E-state index is -1.25. The van der Waals surface area contributed by atoms with Gasteiger partial charge in [-0.1, -0.05) is 55.7 Å². The second kappa shape index (κ2) is 26.9. The summed E-state index contributed by atoms with van der Waals surface area (Å²) in [5, 5.41) is 15.4. The molecule has 0 atom stereocenters. The van der Waals surface area contributed by atoms with Crippen LogP contribution in [0.3, 0.4) is 0 Å². The smallest absolute Gasteiger partial charge is 1.00 e. The van der Waals surface area contributed by atoms with Crippen molar-refractivity contribution in [1.29, 1.82) is 0 Å². The Labute approximate surface area is 306 Å². The summed E-state index contributed by atoms with van der Waals surface area (Å²) in [5.41, 5.74) is 8.08. The maximum Gasteiger partial charge on any atom is 1.00 e. The molecular weight excluding hydrogens is 523 g/mol. The maximum absolute atomic E-state index is 8.64. The molecule has 0 aliphatic rings. The molecule has 188 valence electrons. The summed E-state index contributed by atoms with van der Waals surface area (Å²) in [7, 11) is 8.02. The van der Waals surface area contributed by atoms with Gasteiger partial charge in [-0.05, 0) is 63.6 Å². The zero-order valence-corrected chi connectivity index (χ0v) is 31.0. The first kappa shape index (κ1) is 43.4. The van der Waals surface area contributed by atoms with Crippen molar-refractivity contribution in [2.45, 2.75) is 32.7 Å². The molecule has 0 fully saturated rings. The standard InChI is InChI=1S/C14H21NSi.C11H13N.CH2O3.CH4O.2K.H/c1-15(2)12-14-8-6-13(7-9-14)10-11-16(3,4)5;1-4-10-5-7-11(8-6-10)9-12(2)3;2-1-4-3;1-2;;;/h6-9H,12H2,1-5H3;1,5-8H,9H2,2-3H3;1,3H;2H,1H3;;;/q;;;;2*+1;-1/p-1. The zero-order chi connectivity index (χ0) is 26.6. The van der Waals surface area contributed by atoms with E-state index >= 15 is 0 Å². The van der Waals surface area contributed by atoms with E-state index in [2.05, 4.69) is 116 Å². The van der Waals surface area contributed by atoms with E-state index in [0.29, 0.717) is 0 Å². The van der Waals surface area contributed by atoms with Gasteiger partial charge in [0, 0.05) is 31.3 Å². The molecule has 0 amide bonds. The van der Waals surface area contributed by atoms with E-state index < -0.39 is 8.07 Å². The van der Waals surface area contributed by atoms with Crippen LogP contribution in [0.4, 0.5) is 0 Å². The predicted octanol–water partition coefficient (Wildman–Crippen LogP) is -3.13. The van der Waals surface area contributed by atoms with Crippen molar-refractivity contribution in [1.82, 2.24) is 9.80 Å². The number of nitrogens with zero attached hydrogens (tertiary/aromatic N) is 2. The third-order valence-corrected chi connectivity index (χ3v) is 4.57. The fourth-order valence-electron chi connectivity index (χ4n) is 2.39. The van der Waals surface area contributed by atoms with Gasteiger partial charge in [0.2, 0.25) is 0 Å². The van der Waals surface area contributed by atoms with Gasteiger partial charge in [-0.2, -0.15) is 0 Å². The van der Waals surface area contributed by atoms with E-state index in [1.165, 1.54) is 11.1 Å². The number of aliphatic hydroxyl groups excluding tert-OH is 1. The molecule has 1 N–H and O–H groups in total. The Morgan fingerprint density at radius 3 is 1.47 bits per heavy atom. The average Bonchev–Trinajstić information content (AvgIpc) is 2.80. The van der Waals surface area contributed by atoms with Gasteiger partial charge in [0.1, 0.15) is 8.07 Å². The number of hydrogen-bond acceptors (Lipinski definition) is 6. The van der Waals surface area contributed by atoms with Gasteiger partial charge in [0.15, 0.2) is 0 Å². The molecule has 0 spiro atoms. The van der Waals surface area contributed by atoms with Crippen molar-refractivity contribution in [2.75, 3.05) is 35.3 Å². The summed E-state index contributed by atoms with van der Waals surface area (Å²) in [5.74, 6) is 5.86. The van der Waals surface area contributed by atoms with Crippen molar-refractivity contribution in [3.05, 3.63) is 70.8 Å². The van der Waals surface area contributed by atoms with E-state index in [1.54, 1.807) is 0 Å². The topological polar surface area (TPSA) is 76.1 Å².